The van der Waals surface area contributed by atoms with Crippen LogP contribution in [0.5, 0.6) is 0 Å². The number of amides is 1. The quantitative estimate of drug-likeness (QED) is 0.0243. The Morgan fingerprint density at radius 2 is 0.782 bits per heavy atom. The molecule has 9 heteroatoms. The monoisotopic (exact) mass is 1100 g/mol. The summed E-state index contributed by atoms with van der Waals surface area (Å²) in [6.07, 6.45) is 89.7. The number of carbonyl (C=O) groups excluding carboxylic acids is 1. The third-order valence-corrected chi connectivity index (χ3v) is 14.0. The van der Waals surface area contributed by atoms with Gasteiger partial charge < -0.3 is 19.8 Å². The van der Waals surface area contributed by atoms with Gasteiger partial charge in [0.25, 0.3) is 0 Å². The van der Waals surface area contributed by atoms with Gasteiger partial charge in [0.05, 0.1) is 39.9 Å². The van der Waals surface area contributed by atoms with E-state index in [2.05, 4.69) is 153 Å². The standard InChI is InChI=1S/C69H117N2O6P/c1-6-8-10-12-14-16-18-20-22-24-26-28-30-31-32-33-34-35-36-37-38-39-41-43-45-47-49-51-53-55-57-59-61-63-69(73)70-67(66-77-78(74,75)76-65-64-71(3,4)5)68(72)62-60-58-56-54-52-50-48-46-44-42-40-29-27-25-23-21-19-17-15-13-11-9-7-2/h8,10,14,16,20,22,26,28,31-32,34-35,37-38,41,43,47,49,52-55,60,62,67-68,72H,6-7,9,11-13,15,17-19,21,23-25,27,29-30,33,36,39-40,42,44-46,48,50-51,56-59,61,63-66H2,1-5H3,(H-,70,73,74,75)/p+1/b10-8-,16-14-,22-20-,28-26-,32-31-,35-34-,38-37-,43-41-,49-47-,54-52+,55-53-,62-60+. The summed E-state index contributed by atoms with van der Waals surface area (Å²) in [6, 6.07) is -0.900. The van der Waals surface area contributed by atoms with E-state index in [1.165, 1.54) is 109 Å². The lowest BCUT2D eigenvalue weighted by atomic mass is 10.0. The highest BCUT2D eigenvalue weighted by molar-refractivity contribution is 7.47. The molecule has 78 heavy (non-hydrogen) atoms. The lowest BCUT2D eigenvalue weighted by molar-refractivity contribution is -0.870. The van der Waals surface area contributed by atoms with E-state index < -0.39 is 20.0 Å². The summed E-state index contributed by atoms with van der Waals surface area (Å²) in [6.45, 7) is 4.64. The maximum absolute atomic E-state index is 13.0. The number of aliphatic hydroxyl groups is 1. The fourth-order valence-electron chi connectivity index (χ4n) is 8.20. The van der Waals surface area contributed by atoms with E-state index in [4.69, 9.17) is 9.05 Å². The van der Waals surface area contributed by atoms with Gasteiger partial charge in [-0.15, -0.1) is 0 Å². The molecule has 0 fully saturated rings. The zero-order valence-electron chi connectivity index (χ0n) is 50.6. The number of nitrogens with one attached hydrogen (secondary N) is 1. The number of phosphoric acid groups is 1. The summed E-state index contributed by atoms with van der Waals surface area (Å²) >= 11 is 0. The van der Waals surface area contributed by atoms with E-state index in [0.29, 0.717) is 17.4 Å². The smallest absolute Gasteiger partial charge is 0.387 e. The van der Waals surface area contributed by atoms with Gasteiger partial charge in [-0.1, -0.05) is 262 Å². The minimum absolute atomic E-state index is 0.0393. The zero-order valence-corrected chi connectivity index (χ0v) is 51.5. The summed E-state index contributed by atoms with van der Waals surface area (Å²) in [5.41, 5.74) is 0. The second-order valence-corrected chi connectivity index (χ2v) is 23.1. The highest BCUT2D eigenvalue weighted by atomic mass is 31.2. The van der Waals surface area contributed by atoms with Crippen molar-refractivity contribution >= 4 is 13.7 Å². The van der Waals surface area contributed by atoms with Crippen LogP contribution in [-0.4, -0.2) is 73.4 Å². The predicted molar refractivity (Wildman–Crippen MR) is 341 cm³/mol. The SMILES string of the molecule is CC/C=C\C/C=C\C/C=C\C/C=C\C/C=C\C/C=C\C/C=C\C/C=C\C/C=C\C/C=C\CCCCC(=O)NC(COP(=O)(O)OCC[N+](C)(C)C)C(O)/C=C/CC/C=C/CCCCCCCCCCCCCCCCCCC. The van der Waals surface area contributed by atoms with Crippen LogP contribution in [-0.2, 0) is 18.4 Å². The van der Waals surface area contributed by atoms with Gasteiger partial charge in [0.1, 0.15) is 13.2 Å². The molecule has 0 saturated heterocycles. The van der Waals surface area contributed by atoms with Gasteiger partial charge in [-0.2, -0.15) is 0 Å². The van der Waals surface area contributed by atoms with Gasteiger partial charge in [0.15, 0.2) is 0 Å². The number of likely N-dealkylation sites (N-methyl/N-ethyl adjacent to an activating group) is 1. The van der Waals surface area contributed by atoms with Crippen molar-refractivity contribution in [2.24, 2.45) is 0 Å². The molecule has 0 saturated carbocycles. The molecule has 0 aromatic rings. The second kappa shape index (κ2) is 58.0. The highest BCUT2D eigenvalue weighted by Crippen LogP contribution is 2.43. The van der Waals surface area contributed by atoms with Crippen LogP contribution >= 0.6 is 7.82 Å². The first-order chi connectivity index (χ1) is 38.0. The third-order valence-electron chi connectivity index (χ3n) is 13.0. The molecule has 0 spiro atoms. The summed E-state index contributed by atoms with van der Waals surface area (Å²) in [7, 11) is 1.50. The van der Waals surface area contributed by atoms with Crippen molar-refractivity contribution in [2.45, 2.75) is 244 Å². The molecule has 0 bridgehead atoms. The molecule has 0 radical (unpaired) electrons. The Morgan fingerprint density at radius 3 is 1.18 bits per heavy atom. The number of hydrogen-bond donors (Lipinski definition) is 3. The lowest BCUT2D eigenvalue weighted by Crippen LogP contribution is -2.45. The molecule has 1 amide bonds. The number of carbonyl (C=O) groups is 1. The molecule has 3 unspecified atom stereocenters. The number of aliphatic hydroxyl groups excluding tert-OH is 1. The number of quaternary nitrogens is 1. The first-order valence-electron chi connectivity index (χ1n) is 31.2. The Balaban J connectivity index is 4.35. The Labute approximate surface area is 480 Å². The number of unbranched alkanes of at least 4 members (excludes halogenated alkanes) is 20. The topological polar surface area (TPSA) is 105 Å². The first kappa shape index (κ1) is 74.4. The lowest BCUT2D eigenvalue weighted by Gasteiger charge is -2.25. The van der Waals surface area contributed by atoms with Crippen LogP contribution in [0.25, 0.3) is 0 Å². The molecule has 0 rings (SSSR count). The van der Waals surface area contributed by atoms with Crippen molar-refractivity contribution < 1.29 is 32.9 Å². The Hall–Kier alpha value is -3.62. The van der Waals surface area contributed by atoms with Gasteiger partial charge >= 0.3 is 7.82 Å². The van der Waals surface area contributed by atoms with Gasteiger partial charge in [0.2, 0.25) is 5.91 Å². The average molecular weight is 1100 g/mol. The van der Waals surface area contributed by atoms with E-state index in [9.17, 15) is 19.4 Å². The Morgan fingerprint density at radius 1 is 0.449 bits per heavy atom. The van der Waals surface area contributed by atoms with E-state index in [0.717, 1.165) is 96.3 Å². The molecule has 0 aliphatic carbocycles. The molecule has 0 aromatic carbocycles. The van der Waals surface area contributed by atoms with Gasteiger partial charge in [-0.25, -0.2) is 4.57 Å². The molecule has 3 atom stereocenters. The van der Waals surface area contributed by atoms with Crippen LogP contribution in [0.2, 0.25) is 0 Å². The predicted octanol–water partition coefficient (Wildman–Crippen LogP) is 19.6. The summed E-state index contributed by atoms with van der Waals surface area (Å²) in [4.78, 5) is 23.3. The molecule has 444 valence electrons. The summed E-state index contributed by atoms with van der Waals surface area (Å²) in [5.74, 6) is -0.234. The normalized spacial score (nSPS) is 14.8. The second-order valence-electron chi connectivity index (χ2n) is 21.7. The molecule has 0 aliphatic heterocycles. The van der Waals surface area contributed by atoms with Crippen LogP contribution in [0, 0.1) is 0 Å². The van der Waals surface area contributed by atoms with Crippen molar-refractivity contribution in [1.82, 2.24) is 5.32 Å². The molecule has 3 N–H and O–H groups in total. The number of hydrogen-bond acceptors (Lipinski definition) is 5. The summed E-state index contributed by atoms with van der Waals surface area (Å²) in [5, 5.41) is 13.9. The van der Waals surface area contributed by atoms with Gasteiger partial charge in [0, 0.05) is 6.42 Å². The zero-order chi connectivity index (χ0) is 57.0. The van der Waals surface area contributed by atoms with Crippen molar-refractivity contribution in [1.29, 1.82) is 0 Å². The maximum atomic E-state index is 13.0. The Bertz CT molecular complexity index is 1780. The number of rotatable bonds is 55. The van der Waals surface area contributed by atoms with Crippen LogP contribution in [0.4, 0.5) is 0 Å². The van der Waals surface area contributed by atoms with Crippen LogP contribution in [0.15, 0.2) is 146 Å². The minimum Gasteiger partial charge on any atom is -0.387 e. The minimum atomic E-state index is -4.38. The van der Waals surface area contributed by atoms with E-state index in [-0.39, 0.29) is 25.5 Å². The van der Waals surface area contributed by atoms with Gasteiger partial charge in [-0.05, 0) is 109 Å². The molecule has 0 aromatic heterocycles. The highest BCUT2D eigenvalue weighted by Gasteiger charge is 2.27. The van der Waals surface area contributed by atoms with E-state index in [1.807, 2.05) is 27.2 Å². The van der Waals surface area contributed by atoms with Crippen molar-refractivity contribution in [3.05, 3.63) is 146 Å². The fraction of sp³-hybridized carbons (Fsp3) is 0.638. The number of allylic oxidation sites excluding steroid dienone is 23. The van der Waals surface area contributed by atoms with Crippen LogP contribution < -0.4 is 5.32 Å². The van der Waals surface area contributed by atoms with E-state index >= 15 is 0 Å². The van der Waals surface area contributed by atoms with Crippen LogP contribution in [0.3, 0.4) is 0 Å². The van der Waals surface area contributed by atoms with E-state index in [1.54, 1.807) is 6.08 Å². The van der Waals surface area contributed by atoms with Crippen molar-refractivity contribution in [2.75, 3.05) is 40.9 Å². The molecule has 8 nitrogen and oxygen atoms in total. The largest absolute Gasteiger partial charge is 0.472 e. The maximum Gasteiger partial charge on any atom is 0.472 e. The van der Waals surface area contributed by atoms with Crippen molar-refractivity contribution in [3.63, 3.8) is 0 Å². The van der Waals surface area contributed by atoms with Crippen molar-refractivity contribution in [3.8, 4) is 0 Å². The molecular formula is C69H118N2O6P+. The molecule has 0 aliphatic rings. The third kappa shape index (κ3) is 60.0. The average Bonchev–Trinajstić information content (AvgIpc) is 3.41. The Kier molecular flexibility index (Phi) is 55.4. The molecule has 0 heterocycles. The number of nitrogens with zero attached hydrogens (tertiary/aromatic N) is 1. The molecular weight excluding hydrogens is 984 g/mol. The summed E-state index contributed by atoms with van der Waals surface area (Å²) < 4.78 is 23.7. The van der Waals surface area contributed by atoms with Gasteiger partial charge in [-0.3, -0.25) is 13.8 Å². The van der Waals surface area contributed by atoms with Crippen LogP contribution in [0.1, 0.15) is 232 Å². The fourth-order valence-corrected chi connectivity index (χ4v) is 8.94. The first-order valence-corrected chi connectivity index (χ1v) is 32.7. The number of phosphoric ester groups is 1.